The topological polar surface area (TPSA) is 40.6 Å². The number of hydrogen-bond donors (Lipinski definition) is 0. The molecule has 3 rings (SSSR count). The normalized spacial score (nSPS) is 26.7. The number of fused-ring (bicyclic) bond motifs is 1. The van der Waals surface area contributed by atoms with Crippen molar-refractivity contribution in [3.63, 3.8) is 0 Å². The van der Waals surface area contributed by atoms with Gasteiger partial charge in [-0.15, -0.1) is 0 Å². The molecule has 0 N–H and O–H groups in total. The molecule has 0 bridgehead atoms. The van der Waals surface area contributed by atoms with E-state index in [1.165, 1.54) is 0 Å². The molecule has 2 unspecified atom stereocenters. The van der Waals surface area contributed by atoms with Crippen molar-refractivity contribution in [3.05, 3.63) is 35.9 Å². The highest BCUT2D eigenvalue weighted by molar-refractivity contribution is 7.88. The van der Waals surface area contributed by atoms with E-state index in [0.29, 0.717) is 30.8 Å². The molecule has 2 aliphatic rings. The predicted molar refractivity (Wildman–Crippen MR) is 88.9 cm³/mol. The SMILES string of the molecule is CC(C)CN1CC2CN(S(=O)(=O)Cc3ccccc3)CC2C1. The minimum Gasteiger partial charge on any atom is -0.302 e. The van der Waals surface area contributed by atoms with Gasteiger partial charge in [0.05, 0.1) is 5.75 Å². The Labute approximate surface area is 134 Å². The van der Waals surface area contributed by atoms with Crippen molar-refractivity contribution in [1.82, 2.24) is 9.21 Å². The highest BCUT2D eigenvalue weighted by atomic mass is 32.2. The average molecular weight is 322 g/mol. The second-order valence-electron chi connectivity index (χ2n) is 7.19. The Morgan fingerprint density at radius 3 is 2.18 bits per heavy atom. The highest BCUT2D eigenvalue weighted by Gasteiger charge is 2.43. The quantitative estimate of drug-likeness (QED) is 0.833. The van der Waals surface area contributed by atoms with Crippen molar-refractivity contribution in [1.29, 1.82) is 0 Å². The van der Waals surface area contributed by atoms with Crippen molar-refractivity contribution in [2.75, 3.05) is 32.7 Å². The average Bonchev–Trinajstić information content (AvgIpc) is 2.97. The fraction of sp³-hybridized carbons (Fsp3) is 0.647. The maximum absolute atomic E-state index is 12.6. The van der Waals surface area contributed by atoms with Gasteiger partial charge >= 0.3 is 0 Å². The number of sulfonamides is 1. The Bertz CT molecular complexity index is 586. The monoisotopic (exact) mass is 322 g/mol. The minimum absolute atomic E-state index is 0.128. The van der Waals surface area contributed by atoms with Gasteiger partial charge in [-0.05, 0) is 23.3 Å². The predicted octanol–water partition coefficient (Wildman–Crippen LogP) is 2.04. The van der Waals surface area contributed by atoms with Gasteiger partial charge < -0.3 is 4.90 Å². The van der Waals surface area contributed by atoms with E-state index in [1.54, 1.807) is 4.31 Å². The number of nitrogens with zero attached hydrogens (tertiary/aromatic N) is 2. The first-order chi connectivity index (χ1) is 10.4. The van der Waals surface area contributed by atoms with Crippen LogP contribution >= 0.6 is 0 Å². The summed E-state index contributed by atoms with van der Waals surface area (Å²) < 4.78 is 26.9. The first kappa shape index (κ1) is 16.0. The van der Waals surface area contributed by atoms with Crippen LogP contribution in [0.4, 0.5) is 0 Å². The van der Waals surface area contributed by atoms with Crippen LogP contribution < -0.4 is 0 Å². The van der Waals surface area contributed by atoms with Crippen LogP contribution in [-0.2, 0) is 15.8 Å². The minimum atomic E-state index is -3.18. The second-order valence-corrected chi connectivity index (χ2v) is 9.16. The van der Waals surface area contributed by atoms with Crippen LogP contribution in [0.2, 0.25) is 0 Å². The molecule has 5 heteroatoms. The molecule has 2 aliphatic heterocycles. The Balaban J connectivity index is 1.60. The smallest absolute Gasteiger partial charge is 0.218 e. The molecular weight excluding hydrogens is 296 g/mol. The molecule has 2 saturated heterocycles. The summed E-state index contributed by atoms with van der Waals surface area (Å²) in [4.78, 5) is 2.50. The van der Waals surface area contributed by atoms with E-state index in [9.17, 15) is 8.42 Å². The lowest BCUT2D eigenvalue weighted by atomic mass is 10.0. The molecule has 0 aromatic heterocycles. The first-order valence-corrected chi connectivity index (χ1v) is 9.79. The van der Waals surface area contributed by atoms with E-state index < -0.39 is 10.0 Å². The summed E-state index contributed by atoms with van der Waals surface area (Å²) >= 11 is 0. The molecule has 4 nitrogen and oxygen atoms in total. The molecule has 0 aliphatic carbocycles. The van der Waals surface area contributed by atoms with Crippen LogP contribution in [0, 0.1) is 17.8 Å². The van der Waals surface area contributed by atoms with E-state index in [1.807, 2.05) is 30.3 Å². The van der Waals surface area contributed by atoms with Crippen LogP contribution in [0.5, 0.6) is 0 Å². The van der Waals surface area contributed by atoms with Crippen molar-refractivity contribution in [2.45, 2.75) is 19.6 Å². The van der Waals surface area contributed by atoms with Crippen LogP contribution in [0.3, 0.4) is 0 Å². The largest absolute Gasteiger partial charge is 0.302 e. The van der Waals surface area contributed by atoms with Crippen molar-refractivity contribution in [3.8, 4) is 0 Å². The lowest BCUT2D eigenvalue weighted by molar-refractivity contribution is 0.267. The number of likely N-dealkylation sites (tertiary alicyclic amines) is 1. The van der Waals surface area contributed by atoms with E-state index in [0.717, 1.165) is 25.2 Å². The Kier molecular flexibility index (Phi) is 4.57. The number of benzene rings is 1. The lowest BCUT2D eigenvalue weighted by Gasteiger charge is -2.22. The molecule has 0 radical (unpaired) electrons. The standard InChI is InChI=1S/C17H26N2O2S/c1-14(2)8-18-9-16-11-19(12-17(16)10-18)22(20,21)13-15-6-4-3-5-7-15/h3-7,14,16-17H,8-13H2,1-2H3. The van der Waals surface area contributed by atoms with Gasteiger partial charge in [0.2, 0.25) is 10.0 Å². The fourth-order valence-electron chi connectivity index (χ4n) is 3.82. The maximum Gasteiger partial charge on any atom is 0.218 e. The zero-order valence-corrected chi connectivity index (χ0v) is 14.3. The molecule has 0 saturated carbocycles. The van der Waals surface area contributed by atoms with Gasteiger partial charge in [0.25, 0.3) is 0 Å². The molecule has 2 heterocycles. The van der Waals surface area contributed by atoms with E-state index in [4.69, 9.17) is 0 Å². The summed E-state index contributed by atoms with van der Waals surface area (Å²) in [6, 6.07) is 9.48. The lowest BCUT2D eigenvalue weighted by Crippen LogP contribution is -2.35. The molecule has 2 atom stereocenters. The third-order valence-corrected chi connectivity index (χ3v) is 6.52. The van der Waals surface area contributed by atoms with Gasteiger partial charge in [-0.1, -0.05) is 44.2 Å². The highest BCUT2D eigenvalue weighted by Crippen LogP contribution is 2.33. The molecule has 1 aromatic carbocycles. The van der Waals surface area contributed by atoms with E-state index >= 15 is 0 Å². The van der Waals surface area contributed by atoms with Gasteiger partial charge in [0, 0.05) is 32.7 Å². The van der Waals surface area contributed by atoms with Gasteiger partial charge in [0.1, 0.15) is 0 Å². The van der Waals surface area contributed by atoms with Crippen LogP contribution in [0.1, 0.15) is 19.4 Å². The van der Waals surface area contributed by atoms with Crippen molar-refractivity contribution >= 4 is 10.0 Å². The first-order valence-electron chi connectivity index (χ1n) is 8.18. The molecule has 0 amide bonds. The summed E-state index contributed by atoms with van der Waals surface area (Å²) in [5.74, 6) is 1.84. The number of hydrogen-bond acceptors (Lipinski definition) is 3. The summed E-state index contributed by atoms with van der Waals surface area (Å²) in [5.41, 5.74) is 0.876. The van der Waals surface area contributed by atoms with Crippen LogP contribution in [0.15, 0.2) is 30.3 Å². The molecular formula is C17H26N2O2S. The Morgan fingerprint density at radius 1 is 1.05 bits per heavy atom. The number of rotatable bonds is 5. The van der Waals surface area contributed by atoms with Crippen molar-refractivity contribution < 1.29 is 8.42 Å². The zero-order chi connectivity index (χ0) is 15.7. The van der Waals surface area contributed by atoms with E-state index in [2.05, 4.69) is 18.7 Å². The van der Waals surface area contributed by atoms with Crippen molar-refractivity contribution in [2.24, 2.45) is 17.8 Å². The fourth-order valence-corrected chi connectivity index (χ4v) is 5.45. The molecule has 22 heavy (non-hydrogen) atoms. The second kappa shape index (κ2) is 6.30. The Hall–Kier alpha value is -0.910. The van der Waals surface area contributed by atoms with Crippen LogP contribution in [-0.4, -0.2) is 50.3 Å². The van der Waals surface area contributed by atoms with Crippen LogP contribution in [0.25, 0.3) is 0 Å². The van der Waals surface area contributed by atoms with Gasteiger partial charge in [0.15, 0.2) is 0 Å². The molecule has 0 spiro atoms. The van der Waals surface area contributed by atoms with Gasteiger partial charge in [-0.2, -0.15) is 0 Å². The third kappa shape index (κ3) is 3.53. The third-order valence-electron chi connectivity index (χ3n) is 4.74. The Morgan fingerprint density at radius 2 is 1.64 bits per heavy atom. The van der Waals surface area contributed by atoms with Gasteiger partial charge in [-0.25, -0.2) is 12.7 Å². The molecule has 122 valence electrons. The summed E-state index contributed by atoms with van der Waals surface area (Å²) in [6.07, 6.45) is 0. The summed E-state index contributed by atoms with van der Waals surface area (Å²) in [7, 11) is -3.18. The molecule has 1 aromatic rings. The summed E-state index contributed by atoms with van der Waals surface area (Å²) in [5, 5.41) is 0. The van der Waals surface area contributed by atoms with Gasteiger partial charge in [-0.3, -0.25) is 0 Å². The summed E-state index contributed by atoms with van der Waals surface area (Å²) in [6.45, 7) is 9.13. The molecule has 2 fully saturated rings. The maximum atomic E-state index is 12.6. The zero-order valence-electron chi connectivity index (χ0n) is 13.5. The van der Waals surface area contributed by atoms with E-state index in [-0.39, 0.29) is 5.75 Å².